The van der Waals surface area contributed by atoms with Crippen molar-refractivity contribution >= 4 is 15.7 Å². The zero-order chi connectivity index (χ0) is 11.7. The second-order valence-electron chi connectivity index (χ2n) is 4.81. The third-order valence-corrected chi connectivity index (χ3v) is 4.09. The maximum absolute atomic E-state index is 11.5. The molecule has 1 unspecified atom stereocenters. The summed E-state index contributed by atoms with van der Waals surface area (Å²) in [5, 5.41) is 2.67. The molecule has 0 bridgehead atoms. The van der Waals surface area contributed by atoms with Crippen molar-refractivity contribution in [3.05, 3.63) is 0 Å². The standard InChI is InChI=1S/C9H18N2O3S/c1-9(2,10)6-11-8(12)7-3-4-15(13,14)5-7/h7H,3-6,10H2,1-2H3,(H,11,12). The molecule has 1 heterocycles. The lowest BCUT2D eigenvalue weighted by molar-refractivity contribution is -0.124. The fourth-order valence-corrected chi connectivity index (χ4v) is 3.20. The molecule has 1 saturated heterocycles. The van der Waals surface area contributed by atoms with Crippen LogP contribution >= 0.6 is 0 Å². The van der Waals surface area contributed by atoms with Gasteiger partial charge in [0.2, 0.25) is 5.91 Å². The molecule has 1 aliphatic rings. The van der Waals surface area contributed by atoms with Gasteiger partial charge in [-0.3, -0.25) is 4.79 Å². The zero-order valence-corrected chi connectivity index (χ0v) is 9.93. The fraction of sp³-hybridized carbons (Fsp3) is 0.889. The summed E-state index contributed by atoms with van der Waals surface area (Å²) in [7, 11) is -2.99. The maximum Gasteiger partial charge on any atom is 0.224 e. The van der Waals surface area contributed by atoms with Crippen molar-refractivity contribution in [2.45, 2.75) is 25.8 Å². The molecule has 0 saturated carbocycles. The molecule has 0 aromatic heterocycles. The van der Waals surface area contributed by atoms with E-state index in [0.717, 1.165) is 0 Å². The average Bonchev–Trinajstić information content (AvgIpc) is 2.40. The molecule has 1 rings (SSSR count). The van der Waals surface area contributed by atoms with Crippen LogP contribution in [0.15, 0.2) is 0 Å². The minimum Gasteiger partial charge on any atom is -0.354 e. The molecule has 0 radical (unpaired) electrons. The Morgan fingerprint density at radius 3 is 2.53 bits per heavy atom. The van der Waals surface area contributed by atoms with Gasteiger partial charge in [-0.05, 0) is 20.3 Å². The molecule has 1 amide bonds. The Kier molecular flexibility index (Phi) is 3.40. The number of hydrogen-bond donors (Lipinski definition) is 2. The fourth-order valence-electron chi connectivity index (χ4n) is 1.46. The highest BCUT2D eigenvalue weighted by Gasteiger charge is 2.33. The summed E-state index contributed by atoms with van der Waals surface area (Å²) in [6, 6.07) is 0. The predicted octanol–water partition coefficient (Wildman–Crippen LogP) is -0.725. The third kappa shape index (κ3) is 4.17. The number of nitrogens with two attached hydrogens (primary N) is 1. The number of amides is 1. The number of carbonyl (C=O) groups excluding carboxylic acids is 1. The first-order chi connectivity index (χ1) is 6.70. The van der Waals surface area contributed by atoms with Crippen LogP contribution in [0.3, 0.4) is 0 Å². The molecule has 5 nitrogen and oxygen atoms in total. The van der Waals surface area contributed by atoms with Crippen molar-refractivity contribution in [1.82, 2.24) is 5.32 Å². The Hall–Kier alpha value is -0.620. The van der Waals surface area contributed by atoms with Crippen LogP contribution in [0.2, 0.25) is 0 Å². The Bertz CT molecular complexity index is 343. The lowest BCUT2D eigenvalue weighted by Gasteiger charge is -2.20. The van der Waals surface area contributed by atoms with Crippen LogP contribution in [-0.2, 0) is 14.6 Å². The summed E-state index contributed by atoms with van der Waals surface area (Å²) < 4.78 is 22.3. The third-order valence-electron chi connectivity index (χ3n) is 2.32. The van der Waals surface area contributed by atoms with Crippen LogP contribution < -0.4 is 11.1 Å². The average molecular weight is 234 g/mol. The molecule has 0 aromatic rings. The van der Waals surface area contributed by atoms with Crippen molar-refractivity contribution in [3.8, 4) is 0 Å². The lowest BCUT2D eigenvalue weighted by Crippen LogP contribution is -2.46. The van der Waals surface area contributed by atoms with Gasteiger partial charge >= 0.3 is 0 Å². The molecule has 0 aromatic carbocycles. The van der Waals surface area contributed by atoms with Gasteiger partial charge in [-0.1, -0.05) is 0 Å². The van der Waals surface area contributed by atoms with Gasteiger partial charge in [-0.2, -0.15) is 0 Å². The summed E-state index contributed by atoms with van der Waals surface area (Å²) in [5.74, 6) is -0.493. The molecule has 15 heavy (non-hydrogen) atoms. The molecule has 3 N–H and O–H groups in total. The van der Waals surface area contributed by atoms with E-state index in [1.165, 1.54) is 0 Å². The summed E-state index contributed by atoms with van der Waals surface area (Å²) in [5.41, 5.74) is 5.24. The monoisotopic (exact) mass is 234 g/mol. The Balaban J connectivity index is 2.43. The molecule has 1 aliphatic heterocycles. The molecule has 88 valence electrons. The predicted molar refractivity (Wildman–Crippen MR) is 58.0 cm³/mol. The Morgan fingerprint density at radius 1 is 1.53 bits per heavy atom. The summed E-state index contributed by atoms with van der Waals surface area (Å²) in [6.07, 6.45) is 0.430. The highest BCUT2D eigenvalue weighted by atomic mass is 32.2. The largest absolute Gasteiger partial charge is 0.354 e. The van der Waals surface area contributed by atoms with Crippen molar-refractivity contribution in [2.24, 2.45) is 11.7 Å². The van der Waals surface area contributed by atoms with Crippen molar-refractivity contribution in [3.63, 3.8) is 0 Å². The lowest BCUT2D eigenvalue weighted by atomic mass is 10.1. The van der Waals surface area contributed by atoms with Crippen LogP contribution in [0, 0.1) is 5.92 Å². The van der Waals surface area contributed by atoms with Gasteiger partial charge < -0.3 is 11.1 Å². The van der Waals surface area contributed by atoms with Gasteiger partial charge in [0.1, 0.15) is 0 Å². The SMILES string of the molecule is CC(C)(N)CNC(=O)C1CCS(=O)(=O)C1. The van der Waals surface area contributed by atoms with E-state index >= 15 is 0 Å². The van der Waals surface area contributed by atoms with Crippen molar-refractivity contribution < 1.29 is 13.2 Å². The molecule has 1 atom stereocenters. The van der Waals surface area contributed by atoms with E-state index < -0.39 is 21.3 Å². The van der Waals surface area contributed by atoms with E-state index in [-0.39, 0.29) is 17.4 Å². The van der Waals surface area contributed by atoms with Gasteiger partial charge in [0, 0.05) is 12.1 Å². The smallest absolute Gasteiger partial charge is 0.224 e. The van der Waals surface area contributed by atoms with E-state index in [1.807, 2.05) is 0 Å². The number of nitrogens with one attached hydrogen (secondary N) is 1. The minimum absolute atomic E-state index is 0.0240. The van der Waals surface area contributed by atoms with Crippen LogP contribution in [0.5, 0.6) is 0 Å². The van der Waals surface area contributed by atoms with E-state index in [0.29, 0.717) is 13.0 Å². The van der Waals surface area contributed by atoms with Crippen LogP contribution in [0.1, 0.15) is 20.3 Å². The first-order valence-electron chi connectivity index (χ1n) is 4.97. The van der Waals surface area contributed by atoms with Crippen molar-refractivity contribution in [2.75, 3.05) is 18.1 Å². The second kappa shape index (κ2) is 4.09. The molecular formula is C9H18N2O3S. The van der Waals surface area contributed by atoms with Gasteiger partial charge in [0.05, 0.1) is 17.4 Å². The molecule has 0 aliphatic carbocycles. The quantitative estimate of drug-likeness (QED) is 0.674. The maximum atomic E-state index is 11.5. The molecule has 1 fully saturated rings. The second-order valence-corrected chi connectivity index (χ2v) is 7.04. The summed E-state index contributed by atoms with van der Waals surface area (Å²) in [4.78, 5) is 11.5. The van der Waals surface area contributed by atoms with Gasteiger partial charge in [0.25, 0.3) is 0 Å². The molecule has 0 spiro atoms. The van der Waals surface area contributed by atoms with E-state index in [2.05, 4.69) is 5.32 Å². The first kappa shape index (κ1) is 12.4. The first-order valence-corrected chi connectivity index (χ1v) is 6.79. The summed E-state index contributed by atoms with van der Waals surface area (Å²) >= 11 is 0. The number of carbonyl (C=O) groups is 1. The number of rotatable bonds is 3. The van der Waals surface area contributed by atoms with Gasteiger partial charge in [-0.15, -0.1) is 0 Å². The van der Waals surface area contributed by atoms with Gasteiger partial charge in [0.15, 0.2) is 9.84 Å². The number of sulfone groups is 1. The Labute approximate surface area is 90.3 Å². The van der Waals surface area contributed by atoms with E-state index in [4.69, 9.17) is 5.73 Å². The zero-order valence-electron chi connectivity index (χ0n) is 9.12. The van der Waals surface area contributed by atoms with Crippen LogP contribution in [0.25, 0.3) is 0 Å². The van der Waals surface area contributed by atoms with E-state index in [1.54, 1.807) is 13.8 Å². The van der Waals surface area contributed by atoms with Gasteiger partial charge in [-0.25, -0.2) is 8.42 Å². The Morgan fingerprint density at radius 2 is 2.13 bits per heavy atom. The highest BCUT2D eigenvalue weighted by Crippen LogP contribution is 2.18. The van der Waals surface area contributed by atoms with Crippen LogP contribution in [-0.4, -0.2) is 37.9 Å². The normalized spacial score (nSPS) is 25.1. The minimum atomic E-state index is -2.99. The van der Waals surface area contributed by atoms with E-state index in [9.17, 15) is 13.2 Å². The molecular weight excluding hydrogens is 216 g/mol. The molecule has 6 heteroatoms. The highest BCUT2D eigenvalue weighted by molar-refractivity contribution is 7.91. The number of hydrogen-bond acceptors (Lipinski definition) is 4. The summed E-state index contributed by atoms with van der Waals surface area (Å²) in [6.45, 7) is 3.97. The topological polar surface area (TPSA) is 89.3 Å². The van der Waals surface area contributed by atoms with Crippen LogP contribution in [0.4, 0.5) is 0 Å². The van der Waals surface area contributed by atoms with Crippen molar-refractivity contribution in [1.29, 1.82) is 0 Å².